The number of benzene rings is 3. The molecule has 4 heterocycles. The molecule has 9 nitrogen and oxygen atoms in total. The number of hydrogen-bond donors (Lipinski definition) is 1. The van der Waals surface area contributed by atoms with Gasteiger partial charge in [0, 0.05) is 24.3 Å². The van der Waals surface area contributed by atoms with E-state index in [4.69, 9.17) is 28.4 Å². The first-order valence-electron chi connectivity index (χ1n) is 13.1. The Morgan fingerprint density at radius 3 is 2.37 bits per heavy atom. The van der Waals surface area contributed by atoms with Gasteiger partial charge in [0.1, 0.15) is 18.2 Å². The summed E-state index contributed by atoms with van der Waals surface area (Å²) >= 11 is 1.21. The van der Waals surface area contributed by atoms with Crippen molar-refractivity contribution in [1.29, 1.82) is 0 Å². The third-order valence-corrected chi connectivity index (χ3v) is 8.08. The highest BCUT2D eigenvalue weighted by Gasteiger charge is 2.34. The van der Waals surface area contributed by atoms with Crippen LogP contribution in [-0.2, 0) is 31.8 Å². The fourth-order valence-corrected chi connectivity index (χ4v) is 6.26. The van der Waals surface area contributed by atoms with Gasteiger partial charge in [-0.25, -0.2) is 4.79 Å². The fraction of sp³-hybridized carbons (Fsp3) is 0.194. The molecule has 3 aromatic carbocycles. The Kier molecular flexibility index (Phi) is 6.60. The number of fused-ring (bicyclic) bond motifs is 2. The van der Waals surface area contributed by atoms with Crippen LogP contribution in [0.3, 0.4) is 0 Å². The molecule has 208 valence electrons. The molecule has 3 aliphatic heterocycles. The second-order valence-corrected chi connectivity index (χ2v) is 10.7. The Bertz CT molecular complexity index is 1660. The molecule has 2 atom stereocenters. The van der Waals surface area contributed by atoms with Crippen molar-refractivity contribution in [3.63, 3.8) is 0 Å². The first-order valence-corrected chi connectivity index (χ1v) is 13.9. The van der Waals surface area contributed by atoms with E-state index in [1.54, 1.807) is 10.8 Å². The van der Waals surface area contributed by atoms with E-state index in [1.165, 1.54) is 18.0 Å². The Morgan fingerprint density at radius 1 is 0.927 bits per heavy atom. The van der Waals surface area contributed by atoms with Crippen molar-refractivity contribution < 1.29 is 38.3 Å². The van der Waals surface area contributed by atoms with E-state index >= 15 is 0 Å². The fourth-order valence-electron chi connectivity index (χ4n) is 5.24. The molecule has 0 spiro atoms. The number of nitrogens with zero attached hydrogens (tertiary/aromatic N) is 1. The molecular weight excluding hydrogens is 546 g/mol. The van der Waals surface area contributed by atoms with Crippen LogP contribution in [0, 0.1) is 0 Å². The largest absolute Gasteiger partial charge is 0.477 e. The van der Waals surface area contributed by atoms with Crippen LogP contribution in [-0.4, -0.2) is 35.5 Å². The number of carboxylic acid groups (broad SMARTS) is 1. The summed E-state index contributed by atoms with van der Waals surface area (Å²) in [6, 6.07) is 22.9. The number of hydrogen-bond acceptors (Lipinski definition) is 8. The molecule has 10 heteroatoms. The number of allylic oxidation sites excluding steroid dienone is 1. The molecule has 0 fully saturated rings. The van der Waals surface area contributed by atoms with E-state index in [2.05, 4.69) is 0 Å². The third-order valence-electron chi connectivity index (χ3n) is 7.07. The summed E-state index contributed by atoms with van der Waals surface area (Å²) < 4.78 is 36.3. The molecule has 0 amide bonds. The third kappa shape index (κ3) is 4.91. The van der Waals surface area contributed by atoms with Gasteiger partial charge in [-0.3, -0.25) is 0 Å². The number of ether oxygens (including phenoxy) is 6. The zero-order valence-corrected chi connectivity index (χ0v) is 22.5. The molecule has 0 bridgehead atoms. The summed E-state index contributed by atoms with van der Waals surface area (Å²) in [4.78, 5) is 13.5. The summed E-state index contributed by atoms with van der Waals surface area (Å²) in [6.45, 7) is 0.159. The minimum absolute atomic E-state index is 0.0665. The van der Waals surface area contributed by atoms with Crippen LogP contribution in [0.2, 0.25) is 0 Å². The molecule has 0 aliphatic carbocycles. The lowest BCUT2D eigenvalue weighted by atomic mass is 10.0. The van der Waals surface area contributed by atoms with Gasteiger partial charge in [-0.15, -0.1) is 0 Å². The number of carbonyl (C=O) groups is 1. The average Bonchev–Trinajstić information content (AvgIpc) is 3.80. The van der Waals surface area contributed by atoms with Gasteiger partial charge >= 0.3 is 5.97 Å². The number of carboxylic acids is 1. The maximum atomic E-state index is 13.0. The molecular formula is C31H25NO8S. The predicted octanol–water partition coefficient (Wildman–Crippen LogP) is 6.20. The maximum absolute atomic E-state index is 13.0. The minimum Gasteiger partial charge on any atom is -0.477 e. The van der Waals surface area contributed by atoms with Gasteiger partial charge in [0.05, 0.1) is 16.5 Å². The highest BCUT2D eigenvalue weighted by molar-refractivity contribution is 8.03. The van der Waals surface area contributed by atoms with E-state index in [9.17, 15) is 9.90 Å². The summed E-state index contributed by atoms with van der Waals surface area (Å²) in [6.07, 6.45) is 3.61. The standard InChI is InChI=1S/C31H25NO8S/c33-31(34)29-30(41-28-16-36-27(40-28)12-20-9-5-2-6-10-20)21-13-24-25(39-18-38-24)14-22(21)32(29)23(26-15-35-17-37-26)11-19-7-3-1-4-8-19/h1-10,13-16,23,27H,11-12,17-18H2,(H,33,34). The van der Waals surface area contributed by atoms with E-state index in [1.807, 2.05) is 72.8 Å². The summed E-state index contributed by atoms with van der Waals surface area (Å²) in [5.74, 6) is 0.532. The van der Waals surface area contributed by atoms with Gasteiger partial charge in [0.25, 0.3) is 0 Å². The number of aromatic nitrogens is 1. The number of thioether (sulfide) groups is 1. The van der Waals surface area contributed by atoms with Gasteiger partial charge in [-0.2, -0.15) is 0 Å². The van der Waals surface area contributed by atoms with Crippen molar-refractivity contribution in [2.24, 2.45) is 0 Å². The van der Waals surface area contributed by atoms with Gasteiger partial charge in [0.2, 0.25) is 19.9 Å². The molecule has 1 aromatic heterocycles. The van der Waals surface area contributed by atoms with Crippen molar-refractivity contribution in [3.05, 3.63) is 113 Å². The van der Waals surface area contributed by atoms with E-state index in [0.29, 0.717) is 51.0 Å². The highest BCUT2D eigenvalue weighted by Crippen LogP contribution is 2.47. The van der Waals surface area contributed by atoms with Gasteiger partial charge < -0.3 is 38.1 Å². The quantitative estimate of drug-likeness (QED) is 0.252. The van der Waals surface area contributed by atoms with Crippen LogP contribution >= 0.6 is 11.8 Å². The zero-order valence-electron chi connectivity index (χ0n) is 21.7. The molecule has 3 aliphatic rings. The lowest BCUT2D eigenvalue weighted by Gasteiger charge is -2.22. The van der Waals surface area contributed by atoms with Crippen LogP contribution in [0.4, 0.5) is 0 Å². The number of rotatable bonds is 9. The Balaban J connectivity index is 1.32. The lowest BCUT2D eigenvalue weighted by molar-refractivity contribution is -0.0235. The van der Waals surface area contributed by atoms with Crippen LogP contribution in [0.15, 0.2) is 101 Å². The summed E-state index contributed by atoms with van der Waals surface area (Å²) in [5.41, 5.74) is 2.83. The molecule has 0 radical (unpaired) electrons. The van der Waals surface area contributed by atoms with Crippen molar-refractivity contribution in [2.45, 2.75) is 30.1 Å². The lowest BCUT2D eigenvalue weighted by Crippen LogP contribution is -2.20. The summed E-state index contributed by atoms with van der Waals surface area (Å²) in [5, 5.41) is 11.8. The second kappa shape index (κ2) is 10.7. The monoisotopic (exact) mass is 571 g/mol. The molecule has 0 saturated heterocycles. The van der Waals surface area contributed by atoms with Crippen molar-refractivity contribution in [2.75, 3.05) is 13.6 Å². The first-order chi connectivity index (χ1) is 20.1. The van der Waals surface area contributed by atoms with Crippen LogP contribution in [0.25, 0.3) is 10.9 Å². The average molecular weight is 572 g/mol. The predicted molar refractivity (Wildman–Crippen MR) is 149 cm³/mol. The molecule has 1 N–H and O–H groups in total. The van der Waals surface area contributed by atoms with Crippen molar-refractivity contribution in [1.82, 2.24) is 4.57 Å². The molecule has 2 unspecified atom stereocenters. The Hall–Kier alpha value is -4.70. The van der Waals surface area contributed by atoms with Crippen molar-refractivity contribution in [3.8, 4) is 11.5 Å². The highest BCUT2D eigenvalue weighted by atomic mass is 32.2. The zero-order chi connectivity index (χ0) is 27.8. The van der Waals surface area contributed by atoms with Crippen LogP contribution < -0.4 is 9.47 Å². The minimum atomic E-state index is -1.09. The van der Waals surface area contributed by atoms with Crippen molar-refractivity contribution >= 4 is 28.6 Å². The van der Waals surface area contributed by atoms with Crippen LogP contribution in [0.1, 0.15) is 27.7 Å². The molecule has 7 rings (SSSR count). The second-order valence-electron chi connectivity index (χ2n) is 9.64. The Labute approximate surface area is 239 Å². The smallest absolute Gasteiger partial charge is 0.353 e. The maximum Gasteiger partial charge on any atom is 0.353 e. The van der Waals surface area contributed by atoms with Crippen LogP contribution in [0.5, 0.6) is 11.5 Å². The molecule has 0 saturated carbocycles. The Morgan fingerprint density at radius 2 is 1.66 bits per heavy atom. The van der Waals surface area contributed by atoms with Gasteiger partial charge in [-0.1, -0.05) is 60.7 Å². The van der Waals surface area contributed by atoms with E-state index in [-0.39, 0.29) is 19.3 Å². The normalized spacial score (nSPS) is 17.7. The van der Waals surface area contributed by atoms with E-state index in [0.717, 1.165) is 11.1 Å². The molecule has 41 heavy (non-hydrogen) atoms. The number of aromatic carboxylic acids is 1. The van der Waals surface area contributed by atoms with Gasteiger partial charge in [-0.05, 0) is 29.0 Å². The SMILES string of the molecule is O=C(O)c1c(SC2=COC(Cc3ccccc3)O2)c2cc3c(cc2n1C(Cc1ccccc1)C1=COCO1)OCO3. The van der Waals surface area contributed by atoms with Gasteiger partial charge in [0.15, 0.2) is 22.3 Å². The molecule has 4 aromatic rings. The topological polar surface area (TPSA) is 97.6 Å². The summed E-state index contributed by atoms with van der Waals surface area (Å²) in [7, 11) is 0. The first kappa shape index (κ1) is 25.3. The van der Waals surface area contributed by atoms with E-state index < -0.39 is 18.3 Å².